The summed E-state index contributed by atoms with van der Waals surface area (Å²) in [4.78, 5) is 11.3. The Labute approximate surface area is 107 Å². The number of amides is 1. The van der Waals surface area contributed by atoms with Crippen LogP contribution in [0.4, 0.5) is 4.39 Å². The Bertz CT molecular complexity index is 435. The molecule has 1 aromatic carbocycles. The van der Waals surface area contributed by atoms with Crippen molar-refractivity contribution in [1.82, 2.24) is 5.32 Å². The smallest absolute Gasteiger partial charge is 0.244 e. The van der Waals surface area contributed by atoms with Crippen molar-refractivity contribution >= 4 is 27.9 Å². The minimum atomic E-state index is -0.396. The van der Waals surface area contributed by atoms with Gasteiger partial charge in [-0.3, -0.25) is 4.79 Å². The highest BCUT2D eigenvalue weighted by molar-refractivity contribution is 9.10. The standard InChI is InChI=1S/C12H13BrFNO2/c1-8(7-16)15-12(17)5-2-9-6-10(13)3-4-11(9)14/h2-6,8,16H,7H2,1H3,(H,15,17)/b5-2+. The van der Waals surface area contributed by atoms with Crippen LogP contribution in [0.1, 0.15) is 12.5 Å². The summed E-state index contributed by atoms with van der Waals surface area (Å²) in [6.45, 7) is 1.54. The zero-order chi connectivity index (χ0) is 12.8. The van der Waals surface area contributed by atoms with E-state index in [4.69, 9.17) is 5.11 Å². The largest absolute Gasteiger partial charge is 0.394 e. The molecule has 2 N–H and O–H groups in total. The lowest BCUT2D eigenvalue weighted by Gasteiger charge is -2.07. The number of aliphatic hydroxyl groups is 1. The Hall–Kier alpha value is -1.20. The van der Waals surface area contributed by atoms with Crippen molar-refractivity contribution in [3.8, 4) is 0 Å². The highest BCUT2D eigenvalue weighted by Crippen LogP contribution is 2.16. The molecule has 0 saturated carbocycles. The van der Waals surface area contributed by atoms with Crippen molar-refractivity contribution in [3.05, 3.63) is 40.1 Å². The molecule has 0 aromatic heterocycles. The van der Waals surface area contributed by atoms with Gasteiger partial charge < -0.3 is 10.4 Å². The molecule has 0 spiro atoms. The van der Waals surface area contributed by atoms with E-state index in [9.17, 15) is 9.18 Å². The number of halogens is 2. The number of hydrogen-bond acceptors (Lipinski definition) is 2. The molecule has 1 aromatic rings. The second-order valence-corrected chi connectivity index (χ2v) is 4.51. The molecule has 0 bridgehead atoms. The first-order chi connectivity index (χ1) is 8.02. The van der Waals surface area contributed by atoms with Gasteiger partial charge in [0.25, 0.3) is 0 Å². The van der Waals surface area contributed by atoms with Crippen LogP contribution in [0, 0.1) is 5.82 Å². The molecule has 0 aliphatic rings. The summed E-state index contributed by atoms with van der Waals surface area (Å²) in [5.74, 6) is -0.765. The summed E-state index contributed by atoms with van der Waals surface area (Å²) in [5, 5.41) is 11.3. The monoisotopic (exact) mass is 301 g/mol. The molecule has 1 unspecified atom stereocenters. The van der Waals surface area contributed by atoms with Crippen molar-refractivity contribution in [3.63, 3.8) is 0 Å². The van der Waals surface area contributed by atoms with E-state index >= 15 is 0 Å². The average Bonchev–Trinajstić information content (AvgIpc) is 2.30. The van der Waals surface area contributed by atoms with Crippen LogP contribution in [-0.2, 0) is 4.79 Å². The number of nitrogens with one attached hydrogen (secondary N) is 1. The number of carbonyl (C=O) groups is 1. The normalized spacial score (nSPS) is 12.7. The van der Waals surface area contributed by atoms with E-state index in [2.05, 4.69) is 21.2 Å². The molecular weight excluding hydrogens is 289 g/mol. The van der Waals surface area contributed by atoms with Gasteiger partial charge >= 0.3 is 0 Å². The first kappa shape index (κ1) is 13.9. The fourth-order valence-corrected chi connectivity index (χ4v) is 1.52. The maximum absolute atomic E-state index is 13.3. The van der Waals surface area contributed by atoms with Crippen LogP contribution < -0.4 is 5.32 Å². The van der Waals surface area contributed by atoms with Gasteiger partial charge in [0.05, 0.1) is 6.61 Å². The van der Waals surface area contributed by atoms with E-state index in [1.54, 1.807) is 19.1 Å². The van der Waals surface area contributed by atoms with E-state index in [0.29, 0.717) is 5.56 Å². The van der Waals surface area contributed by atoms with Crippen molar-refractivity contribution < 1.29 is 14.3 Å². The van der Waals surface area contributed by atoms with E-state index in [0.717, 1.165) is 4.47 Å². The summed E-state index contributed by atoms with van der Waals surface area (Å²) in [5.41, 5.74) is 0.325. The number of benzene rings is 1. The summed E-state index contributed by atoms with van der Waals surface area (Å²) in [6, 6.07) is 4.16. The van der Waals surface area contributed by atoms with E-state index < -0.39 is 5.82 Å². The Balaban J connectivity index is 2.70. The molecule has 0 aliphatic heterocycles. The Morgan fingerprint density at radius 1 is 1.65 bits per heavy atom. The molecule has 92 valence electrons. The number of hydrogen-bond donors (Lipinski definition) is 2. The van der Waals surface area contributed by atoms with E-state index in [1.165, 1.54) is 18.2 Å². The summed E-state index contributed by atoms with van der Waals surface area (Å²) >= 11 is 3.22. The average molecular weight is 302 g/mol. The molecule has 0 fully saturated rings. The number of rotatable bonds is 4. The van der Waals surface area contributed by atoms with Gasteiger partial charge in [0.1, 0.15) is 5.82 Å². The molecule has 17 heavy (non-hydrogen) atoms. The molecule has 1 amide bonds. The van der Waals surface area contributed by atoms with Gasteiger partial charge in [-0.2, -0.15) is 0 Å². The third-order valence-corrected chi connectivity index (χ3v) is 2.53. The molecule has 5 heteroatoms. The lowest BCUT2D eigenvalue weighted by Crippen LogP contribution is -2.33. The summed E-state index contributed by atoms with van der Waals surface area (Å²) < 4.78 is 14.0. The molecule has 0 aliphatic carbocycles. The fourth-order valence-electron chi connectivity index (χ4n) is 1.14. The quantitative estimate of drug-likeness (QED) is 0.837. The van der Waals surface area contributed by atoms with Crippen molar-refractivity contribution in [2.45, 2.75) is 13.0 Å². The van der Waals surface area contributed by atoms with Gasteiger partial charge in [0, 0.05) is 22.2 Å². The highest BCUT2D eigenvalue weighted by atomic mass is 79.9. The van der Waals surface area contributed by atoms with Gasteiger partial charge in [-0.05, 0) is 31.2 Å². The van der Waals surface area contributed by atoms with Crippen LogP contribution in [0.15, 0.2) is 28.7 Å². The maximum Gasteiger partial charge on any atom is 0.244 e. The van der Waals surface area contributed by atoms with Crippen molar-refractivity contribution in [2.24, 2.45) is 0 Å². The second-order valence-electron chi connectivity index (χ2n) is 3.59. The van der Waals surface area contributed by atoms with Gasteiger partial charge in [-0.15, -0.1) is 0 Å². The zero-order valence-corrected chi connectivity index (χ0v) is 10.9. The topological polar surface area (TPSA) is 49.3 Å². The third kappa shape index (κ3) is 4.66. The van der Waals surface area contributed by atoms with Crippen LogP contribution in [-0.4, -0.2) is 23.7 Å². The summed E-state index contributed by atoms with van der Waals surface area (Å²) in [6.07, 6.45) is 2.62. The second kappa shape index (κ2) is 6.51. The fraction of sp³-hybridized carbons (Fsp3) is 0.250. The van der Waals surface area contributed by atoms with Crippen LogP contribution in [0.3, 0.4) is 0 Å². The number of aliphatic hydroxyl groups excluding tert-OH is 1. The lowest BCUT2D eigenvalue weighted by molar-refractivity contribution is -0.117. The molecule has 0 radical (unpaired) electrons. The lowest BCUT2D eigenvalue weighted by atomic mass is 10.2. The molecule has 1 atom stereocenters. The summed E-state index contributed by atoms with van der Waals surface area (Å²) in [7, 11) is 0. The van der Waals surface area contributed by atoms with Crippen molar-refractivity contribution in [1.29, 1.82) is 0 Å². The minimum absolute atomic E-state index is 0.134. The van der Waals surface area contributed by atoms with Crippen LogP contribution in [0.2, 0.25) is 0 Å². The molecule has 0 saturated heterocycles. The molecule has 1 rings (SSSR count). The molecular formula is C12H13BrFNO2. The van der Waals surface area contributed by atoms with Gasteiger partial charge in [-0.1, -0.05) is 15.9 Å². The predicted molar refractivity (Wildman–Crippen MR) is 67.8 cm³/mol. The highest BCUT2D eigenvalue weighted by Gasteiger charge is 2.03. The van der Waals surface area contributed by atoms with Crippen LogP contribution in [0.25, 0.3) is 6.08 Å². The van der Waals surface area contributed by atoms with Crippen LogP contribution >= 0.6 is 15.9 Å². The third-order valence-electron chi connectivity index (χ3n) is 2.03. The first-order valence-electron chi connectivity index (χ1n) is 5.07. The van der Waals surface area contributed by atoms with E-state index in [1.807, 2.05) is 0 Å². The Kier molecular flexibility index (Phi) is 5.31. The van der Waals surface area contributed by atoms with Gasteiger partial charge in [-0.25, -0.2) is 4.39 Å². The number of carbonyl (C=O) groups excluding carboxylic acids is 1. The first-order valence-corrected chi connectivity index (χ1v) is 5.86. The Morgan fingerprint density at radius 3 is 3.00 bits per heavy atom. The molecule has 3 nitrogen and oxygen atoms in total. The van der Waals surface area contributed by atoms with Crippen molar-refractivity contribution in [2.75, 3.05) is 6.61 Å². The maximum atomic E-state index is 13.3. The van der Waals surface area contributed by atoms with Gasteiger partial charge in [0.15, 0.2) is 0 Å². The Morgan fingerprint density at radius 2 is 2.35 bits per heavy atom. The molecule has 0 heterocycles. The van der Waals surface area contributed by atoms with Gasteiger partial charge in [0.2, 0.25) is 5.91 Å². The minimum Gasteiger partial charge on any atom is -0.394 e. The van der Waals surface area contributed by atoms with E-state index in [-0.39, 0.29) is 18.6 Å². The zero-order valence-electron chi connectivity index (χ0n) is 9.28. The van der Waals surface area contributed by atoms with Crippen LogP contribution in [0.5, 0.6) is 0 Å². The predicted octanol–water partition coefficient (Wildman–Crippen LogP) is 2.10. The SMILES string of the molecule is CC(CO)NC(=O)/C=C/c1cc(Br)ccc1F.